The molecule has 1 N–H and O–H groups in total. The summed E-state index contributed by atoms with van der Waals surface area (Å²) in [6, 6.07) is 13.7. The number of rotatable bonds is 10. The van der Waals surface area contributed by atoms with E-state index in [9.17, 15) is 10.1 Å². The van der Waals surface area contributed by atoms with Gasteiger partial charge in [0, 0.05) is 35.5 Å². The maximum atomic E-state index is 12.8. The first kappa shape index (κ1) is 32.5. The molecule has 1 aliphatic heterocycles. The second kappa shape index (κ2) is 13.5. The van der Waals surface area contributed by atoms with E-state index in [0.29, 0.717) is 41.7 Å². The lowest BCUT2D eigenvalue weighted by Crippen LogP contribution is -2.41. The molecule has 1 unspecified atom stereocenters. The van der Waals surface area contributed by atoms with E-state index in [4.69, 9.17) is 13.4 Å². The van der Waals surface area contributed by atoms with Crippen LogP contribution in [0.25, 0.3) is 22.8 Å². The molecule has 2 heterocycles. The second-order valence-electron chi connectivity index (χ2n) is 12.7. The van der Waals surface area contributed by atoms with Gasteiger partial charge < -0.3 is 18.8 Å². The molecule has 1 aliphatic rings. The van der Waals surface area contributed by atoms with Gasteiger partial charge in [-0.05, 0) is 81.5 Å². The molecule has 2 aromatic carbocycles. The van der Waals surface area contributed by atoms with Crippen LogP contribution in [0.4, 0.5) is 0 Å². The Kier molecular flexibility index (Phi) is 10.2. The molecule has 1 amide bonds. The van der Waals surface area contributed by atoms with Gasteiger partial charge in [-0.25, -0.2) is 0 Å². The molecule has 0 spiro atoms. The average Bonchev–Trinajstić information content (AvgIpc) is 3.34. The third-order valence-corrected chi connectivity index (χ3v) is 11.6. The van der Waals surface area contributed by atoms with Crippen LogP contribution in [0, 0.1) is 11.3 Å². The van der Waals surface area contributed by atoms with Crippen molar-refractivity contribution in [2.24, 2.45) is 0 Å². The second-order valence-corrected chi connectivity index (χ2v) is 16.6. The lowest BCUT2D eigenvalue weighted by atomic mass is 10.00. The van der Waals surface area contributed by atoms with Crippen LogP contribution in [0.5, 0.6) is 5.75 Å². The standard InChI is InChI=1S/C33H45N5O4S/c1-22(2)40-29-12-11-27(18-28(29)19-34)32-36-31(37-41-32)26-10-9-24-13-15-38(16-14-25(24)17-26)21-30(39)35-20-23(3)42-43(7,8)33(4,5)6/h9-12,17-18,22-23H,13-16,20-21H2,1-8H3,(H,35,39). The number of nitrogens with zero attached hydrogens (tertiary/aromatic N) is 4. The van der Waals surface area contributed by atoms with Crippen LogP contribution in [0.3, 0.4) is 0 Å². The Hall–Kier alpha value is -3.39. The average molecular weight is 608 g/mol. The first-order chi connectivity index (χ1) is 20.3. The molecule has 9 nitrogen and oxygen atoms in total. The highest BCUT2D eigenvalue weighted by Crippen LogP contribution is 2.54. The van der Waals surface area contributed by atoms with Crippen LogP contribution >= 0.6 is 10.3 Å². The predicted octanol–water partition coefficient (Wildman–Crippen LogP) is 5.76. The molecule has 4 rings (SSSR count). The van der Waals surface area contributed by atoms with Crippen molar-refractivity contribution >= 4 is 16.2 Å². The van der Waals surface area contributed by atoms with Gasteiger partial charge >= 0.3 is 0 Å². The van der Waals surface area contributed by atoms with Gasteiger partial charge in [-0.1, -0.05) is 38.1 Å². The van der Waals surface area contributed by atoms with E-state index in [1.807, 2.05) is 32.9 Å². The van der Waals surface area contributed by atoms with E-state index in [1.54, 1.807) is 12.1 Å². The smallest absolute Gasteiger partial charge is 0.258 e. The normalized spacial score (nSPS) is 15.3. The summed E-state index contributed by atoms with van der Waals surface area (Å²) < 4.78 is 17.7. The molecule has 0 bridgehead atoms. The van der Waals surface area contributed by atoms with Crippen LogP contribution in [0.2, 0.25) is 0 Å². The van der Waals surface area contributed by atoms with Crippen molar-refractivity contribution < 1.29 is 18.2 Å². The number of ether oxygens (including phenoxy) is 1. The van der Waals surface area contributed by atoms with E-state index in [2.05, 4.69) is 71.8 Å². The lowest BCUT2D eigenvalue weighted by Gasteiger charge is -2.45. The number of nitriles is 1. The Morgan fingerprint density at radius 3 is 2.47 bits per heavy atom. The minimum absolute atomic E-state index is 0.0216. The summed E-state index contributed by atoms with van der Waals surface area (Å²) in [7, 11) is -1.25. The van der Waals surface area contributed by atoms with Gasteiger partial charge in [0.05, 0.1) is 24.3 Å². The highest BCUT2D eigenvalue weighted by molar-refractivity contribution is 8.29. The molecule has 10 heteroatoms. The SMILES string of the molecule is CC(C)Oc1ccc(-c2nc(-c3ccc4c(c3)CCN(CC(=O)NCC(C)OS(C)(C)C(C)(C)C)CC4)no2)cc1C#N. The lowest BCUT2D eigenvalue weighted by molar-refractivity contribution is -0.122. The van der Waals surface area contributed by atoms with Crippen molar-refractivity contribution in [1.82, 2.24) is 20.4 Å². The van der Waals surface area contributed by atoms with Crippen molar-refractivity contribution in [3.63, 3.8) is 0 Å². The van der Waals surface area contributed by atoms with Crippen molar-refractivity contribution in [1.29, 1.82) is 5.26 Å². The number of amides is 1. The minimum atomic E-state index is -1.25. The number of hydrogen-bond donors (Lipinski definition) is 1. The highest BCUT2D eigenvalue weighted by atomic mass is 32.3. The summed E-state index contributed by atoms with van der Waals surface area (Å²) in [5.41, 5.74) is 4.44. The van der Waals surface area contributed by atoms with E-state index in [1.165, 1.54) is 11.1 Å². The first-order valence-electron chi connectivity index (χ1n) is 14.8. The van der Waals surface area contributed by atoms with Crippen LogP contribution < -0.4 is 10.1 Å². The van der Waals surface area contributed by atoms with E-state index >= 15 is 0 Å². The summed E-state index contributed by atoms with van der Waals surface area (Å²) in [4.78, 5) is 19.6. The molecular weight excluding hydrogens is 562 g/mol. The van der Waals surface area contributed by atoms with E-state index in [-0.39, 0.29) is 22.9 Å². The zero-order chi connectivity index (χ0) is 31.4. The van der Waals surface area contributed by atoms with Crippen LogP contribution in [-0.4, -0.2) is 76.6 Å². The molecule has 0 saturated heterocycles. The largest absolute Gasteiger partial charge is 0.490 e. The molecule has 43 heavy (non-hydrogen) atoms. The maximum Gasteiger partial charge on any atom is 0.258 e. The van der Waals surface area contributed by atoms with E-state index in [0.717, 1.165) is 31.5 Å². The third kappa shape index (κ3) is 8.37. The Labute approximate surface area is 257 Å². The maximum absolute atomic E-state index is 12.8. The van der Waals surface area contributed by atoms with Gasteiger partial charge in [-0.2, -0.15) is 10.2 Å². The summed E-state index contributed by atoms with van der Waals surface area (Å²) in [6.07, 6.45) is 5.97. The number of fused-ring (bicyclic) bond motifs is 1. The van der Waals surface area contributed by atoms with Crippen LogP contribution in [0.15, 0.2) is 40.9 Å². The monoisotopic (exact) mass is 607 g/mol. The zero-order valence-electron chi connectivity index (χ0n) is 26.7. The van der Waals surface area contributed by atoms with Crippen molar-refractivity contribution in [3.05, 3.63) is 53.1 Å². The summed E-state index contributed by atoms with van der Waals surface area (Å²) in [5.74, 6) is 1.39. The quantitative estimate of drug-likeness (QED) is 0.309. The molecular formula is C33H45N5O4S. The number of carbonyl (C=O) groups excluding carboxylic acids is 1. The van der Waals surface area contributed by atoms with Gasteiger partial charge in [-0.3, -0.25) is 9.69 Å². The van der Waals surface area contributed by atoms with Gasteiger partial charge in [0.15, 0.2) is 0 Å². The number of hydrogen-bond acceptors (Lipinski definition) is 8. The molecule has 3 aromatic rings. The van der Waals surface area contributed by atoms with Crippen LogP contribution in [0.1, 0.15) is 58.2 Å². The number of aromatic nitrogens is 2. The Morgan fingerprint density at radius 1 is 1.09 bits per heavy atom. The fourth-order valence-electron chi connectivity index (χ4n) is 4.74. The molecule has 0 radical (unpaired) electrons. The minimum Gasteiger partial charge on any atom is -0.490 e. The Balaban J connectivity index is 1.35. The van der Waals surface area contributed by atoms with Crippen molar-refractivity contribution in [3.8, 4) is 34.7 Å². The molecule has 0 fully saturated rings. The van der Waals surface area contributed by atoms with Gasteiger partial charge in [0.1, 0.15) is 11.8 Å². The van der Waals surface area contributed by atoms with Gasteiger partial charge in [0.2, 0.25) is 11.7 Å². The fourth-order valence-corrected chi connectivity index (χ4v) is 5.92. The van der Waals surface area contributed by atoms with Gasteiger partial charge in [0.25, 0.3) is 5.89 Å². The van der Waals surface area contributed by atoms with Crippen molar-refractivity contribution in [2.45, 2.75) is 71.3 Å². The Bertz CT molecular complexity index is 1470. The number of nitrogens with one attached hydrogen (secondary N) is 1. The summed E-state index contributed by atoms with van der Waals surface area (Å²) in [6.45, 7) is 14.9. The predicted molar refractivity (Wildman–Crippen MR) is 172 cm³/mol. The zero-order valence-corrected chi connectivity index (χ0v) is 27.5. The molecule has 0 aliphatic carbocycles. The first-order valence-corrected chi connectivity index (χ1v) is 17.2. The molecule has 1 aromatic heterocycles. The van der Waals surface area contributed by atoms with E-state index < -0.39 is 10.3 Å². The molecule has 232 valence electrons. The Morgan fingerprint density at radius 2 is 1.79 bits per heavy atom. The summed E-state index contributed by atoms with van der Waals surface area (Å²) in [5, 5.41) is 16.9. The highest BCUT2D eigenvalue weighted by Gasteiger charge is 2.30. The van der Waals surface area contributed by atoms with Gasteiger partial charge in [-0.15, -0.1) is 10.3 Å². The van der Waals surface area contributed by atoms with Crippen LogP contribution in [-0.2, 0) is 21.8 Å². The fraction of sp³-hybridized carbons (Fsp3) is 0.515. The number of benzene rings is 2. The number of carbonyl (C=O) groups is 1. The third-order valence-electron chi connectivity index (χ3n) is 7.83. The molecule has 0 saturated carbocycles. The summed E-state index contributed by atoms with van der Waals surface area (Å²) >= 11 is 0. The van der Waals surface area contributed by atoms with Crippen molar-refractivity contribution in [2.75, 3.05) is 38.7 Å². The molecule has 1 atom stereocenters. The topological polar surface area (TPSA) is 114 Å².